The number of carboxylic acid groups (broad SMARTS) is 1. The van der Waals surface area contributed by atoms with Crippen molar-refractivity contribution in [3.8, 4) is 5.75 Å². The van der Waals surface area contributed by atoms with Crippen LogP contribution in [0.5, 0.6) is 5.75 Å². The first kappa shape index (κ1) is 16.1. The van der Waals surface area contributed by atoms with Gasteiger partial charge in [0.2, 0.25) is 5.91 Å². The van der Waals surface area contributed by atoms with Crippen molar-refractivity contribution in [1.82, 2.24) is 4.90 Å². The van der Waals surface area contributed by atoms with E-state index in [1.54, 1.807) is 17.0 Å². The molecule has 1 aromatic carbocycles. The minimum absolute atomic E-state index is 0.0634. The third kappa shape index (κ3) is 4.38. The highest BCUT2D eigenvalue weighted by Crippen LogP contribution is 2.20. The first-order valence-corrected chi connectivity index (χ1v) is 7.56. The molecule has 120 valence electrons. The minimum Gasteiger partial charge on any atom is -0.491 e. The summed E-state index contributed by atoms with van der Waals surface area (Å²) < 4.78 is 5.55. The number of hydrogen-bond donors (Lipinski definition) is 2. The zero-order valence-corrected chi connectivity index (χ0v) is 12.5. The zero-order valence-electron chi connectivity index (χ0n) is 12.5. The standard InChI is InChI=1S/C16H22N2O4/c17-13-4-1-2-5-14(13)22-11-3-6-15(19)18-9-7-12(8-10-18)16(20)21/h1-2,4-5,12H,3,6-11,17H2,(H,20,21). The van der Waals surface area contributed by atoms with Gasteiger partial charge in [-0.1, -0.05) is 12.1 Å². The molecule has 0 unspecified atom stereocenters. The molecule has 3 N–H and O–H groups in total. The van der Waals surface area contributed by atoms with Crippen molar-refractivity contribution in [2.45, 2.75) is 25.7 Å². The predicted octanol–water partition coefficient (Wildman–Crippen LogP) is 1.75. The van der Waals surface area contributed by atoms with Gasteiger partial charge in [-0.15, -0.1) is 0 Å². The van der Waals surface area contributed by atoms with E-state index in [2.05, 4.69) is 0 Å². The number of carbonyl (C=O) groups excluding carboxylic acids is 1. The number of nitrogen functional groups attached to an aromatic ring is 1. The van der Waals surface area contributed by atoms with Crippen LogP contribution in [0.4, 0.5) is 5.69 Å². The summed E-state index contributed by atoms with van der Waals surface area (Å²) in [5, 5.41) is 8.94. The van der Waals surface area contributed by atoms with Gasteiger partial charge in [0.15, 0.2) is 0 Å². The number of ether oxygens (including phenoxy) is 1. The molecule has 0 bridgehead atoms. The molecule has 0 saturated carbocycles. The van der Waals surface area contributed by atoms with Gasteiger partial charge in [0.05, 0.1) is 18.2 Å². The molecule has 1 heterocycles. The van der Waals surface area contributed by atoms with Crippen LogP contribution in [0.15, 0.2) is 24.3 Å². The van der Waals surface area contributed by atoms with Crippen LogP contribution in [0, 0.1) is 5.92 Å². The van der Waals surface area contributed by atoms with Crippen molar-refractivity contribution >= 4 is 17.6 Å². The number of amides is 1. The normalized spacial score (nSPS) is 15.5. The number of carbonyl (C=O) groups is 2. The number of piperidine rings is 1. The molecule has 0 spiro atoms. The second-order valence-corrected chi connectivity index (χ2v) is 5.48. The van der Waals surface area contributed by atoms with Crippen molar-refractivity contribution < 1.29 is 19.4 Å². The second kappa shape index (κ2) is 7.68. The summed E-state index contributed by atoms with van der Waals surface area (Å²) in [7, 11) is 0. The maximum Gasteiger partial charge on any atom is 0.306 e. The first-order chi connectivity index (χ1) is 10.6. The molecular formula is C16H22N2O4. The average molecular weight is 306 g/mol. The monoisotopic (exact) mass is 306 g/mol. The SMILES string of the molecule is Nc1ccccc1OCCCC(=O)N1CCC(C(=O)O)CC1. The van der Waals surface area contributed by atoms with Crippen molar-refractivity contribution in [2.75, 3.05) is 25.4 Å². The molecule has 1 amide bonds. The Labute approximate surface area is 129 Å². The molecule has 2 rings (SSSR count). The minimum atomic E-state index is -0.763. The summed E-state index contributed by atoms with van der Waals surface area (Å²) in [6.07, 6.45) is 2.10. The molecule has 6 heteroatoms. The largest absolute Gasteiger partial charge is 0.491 e. The topological polar surface area (TPSA) is 92.9 Å². The van der Waals surface area contributed by atoms with E-state index < -0.39 is 5.97 Å². The van der Waals surface area contributed by atoms with E-state index in [1.165, 1.54) is 0 Å². The maximum atomic E-state index is 12.1. The number of nitrogens with zero attached hydrogens (tertiary/aromatic N) is 1. The third-order valence-electron chi connectivity index (χ3n) is 3.91. The Balaban J connectivity index is 1.66. The Bertz CT molecular complexity index is 525. The molecule has 0 aromatic heterocycles. The molecule has 0 radical (unpaired) electrons. The summed E-state index contributed by atoms with van der Waals surface area (Å²) in [6, 6.07) is 7.26. The zero-order chi connectivity index (χ0) is 15.9. The van der Waals surface area contributed by atoms with Crippen LogP contribution < -0.4 is 10.5 Å². The summed E-state index contributed by atoms with van der Waals surface area (Å²) in [5.41, 5.74) is 6.36. The Hall–Kier alpha value is -2.24. The van der Waals surface area contributed by atoms with Crippen molar-refractivity contribution in [3.05, 3.63) is 24.3 Å². The number of carboxylic acids is 1. The Morgan fingerprint density at radius 3 is 2.59 bits per heavy atom. The molecule has 1 aliphatic heterocycles. The van der Waals surface area contributed by atoms with Gasteiger partial charge < -0.3 is 20.5 Å². The number of hydrogen-bond acceptors (Lipinski definition) is 4. The lowest BCUT2D eigenvalue weighted by Gasteiger charge is -2.30. The molecule has 1 fully saturated rings. The smallest absolute Gasteiger partial charge is 0.306 e. The van der Waals surface area contributed by atoms with Crippen LogP contribution >= 0.6 is 0 Å². The molecule has 0 aliphatic carbocycles. The molecular weight excluding hydrogens is 284 g/mol. The third-order valence-corrected chi connectivity index (χ3v) is 3.91. The molecule has 1 saturated heterocycles. The van der Waals surface area contributed by atoms with Gasteiger partial charge in [-0.05, 0) is 31.4 Å². The summed E-state index contributed by atoms with van der Waals surface area (Å²) in [6.45, 7) is 1.50. The molecule has 1 aromatic rings. The highest BCUT2D eigenvalue weighted by molar-refractivity contribution is 5.77. The van der Waals surface area contributed by atoms with Crippen LogP contribution in [0.2, 0.25) is 0 Å². The van der Waals surface area contributed by atoms with Gasteiger partial charge in [0.1, 0.15) is 5.75 Å². The van der Waals surface area contributed by atoms with Gasteiger partial charge >= 0.3 is 5.97 Å². The number of aliphatic carboxylic acids is 1. The first-order valence-electron chi connectivity index (χ1n) is 7.56. The molecule has 6 nitrogen and oxygen atoms in total. The van der Waals surface area contributed by atoms with E-state index in [4.69, 9.17) is 15.6 Å². The summed E-state index contributed by atoms with van der Waals surface area (Å²) in [4.78, 5) is 24.7. The fourth-order valence-corrected chi connectivity index (χ4v) is 2.55. The van der Waals surface area contributed by atoms with Crippen LogP contribution in [0.25, 0.3) is 0 Å². The van der Waals surface area contributed by atoms with E-state index in [1.807, 2.05) is 12.1 Å². The Kier molecular flexibility index (Phi) is 5.63. The lowest BCUT2D eigenvalue weighted by atomic mass is 9.97. The summed E-state index contributed by atoms with van der Waals surface area (Å²) >= 11 is 0. The van der Waals surface area contributed by atoms with Gasteiger partial charge in [-0.3, -0.25) is 9.59 Å². The Morgan fingerprint density at radius 1 is 1.27 bits per heavy atom. The van der Waals surface area contributed by atoms with Gasteiger partial charge in [-0.25, -0.2) is 0 Å². The van der Waals surface area contributed by atoms with Crippen molar-refractivity contribution in [1.29, 1.82) is 0 Å². The lowest BCUT2D eigenvalue weighted by Crippen LogP contribution is -2.40. The van der Waals surface area contributed by atoms with Gasteiger partial charge in [-0.2, -0.15) is 0 Å². The van der Waals surface area contributed by atoms with Crippen LogP contribution in [-0.4, -0.2) is 41.6 Å². The van der Waals surface area contributed by atoms with Crippen LogP contribution in [0.1, 0.15) is 25.7 Å². The van der Waals surface area contributed by atoms with Gasteiger partial charge in [0.25, 0.3) is 0 Å². The molecule has 0 atom stereocenters. The fraction of sp³-hybridized carbons (Fsp3) is 0.500. The van der Waals surface area contributed by atoms with Crippen molar-refractivity contribution in [3.63, 3.8) is 0 Å². The fourth-order valence-electron chi connectivity index (χ4n) is 2.55. The molecule has 1 aliphatic rings. The highest BCUT2D eigenvalue weighted by atomic mass is 16.5. The second-order valence-electron chi connectivity index (χ2n) is 5.48. The molecule has 22 heavy (non-hydrogen) atoms. The number of para-hydroxylation sites is 2. The highest BCUT2D eigenvalue weighted by Gasteiger charge is 2.26. The van der Waals surface area contributed by atoms with Crippen LogP contribution in [-0.2, 0) is 9.59 Å². The number of anilines is 1. The van der Waals surface area contributed by atoms with Crippen LogP contribution in [0.3, 0.4) is 0 Å². The van der Waals surface area contributed by atoms with E-state index in [0.717, 1.165) is 0 Å². The number of nitrogens with two attached hydrogens (primary N) is 1. The van der Waals surface area contributed by atoms with E-state index in [9.17, 15) is 9.59 Å². The predicted molar refractivity (Wildman–Crippen MR) is 82.5 cm³/mol. The number of rotatable bonds is 6. The van der Waals surface area contributed by atoms with E-state index in [0.29, 0.717) is 56.8 Å². The average Bonchev–Trinajstić information content (AvgIpc) is 2.53. The number of benzene rings is 1. The lowest BCUT2D eigenvalue weighted by molar-refractivity contribution is -0.145. The van der Waals surface area contributed by atoms with Crippen molar-refractivity contribution in [2.24, 2.45) is 5.92 Å². The quantitative estimate of drug-likeness (QED) is 0.617. The van der Waals surface area contributed by atoms with Gasteiger partial charge in [0, 0.05) is 19.5 Å². The Morgan fingerprint density at radius 2 is 1.95 bits per heavy atom. The number of likely N-dealkylation sites (tertiary alicyclic amines) is 1. The summed E-state index contributed by atoms with van der Waals surface area (Å²) in [5.74, 6) is -0.375. The van der Waals surface area contributed by atoms with E-state index in [-0.39, 0.29) is 11.8 Å². The van der Waals surface area contributed by atoms with E-state index >= 15 is 0 Å². The maximum absolute atomic E-state index is 12.1.